The molecule has 0 aliphatic carbocycles. The van der Waals surface area contributed by atoms with Crippen molar-refractivity contribution in [3.05, 3.63) is 56.1 Å². The summed E-state index contributed by atoms with van der Waals surface area (Å²) in [6, 6.07) is 12.5. The van der Waals surface area contributed by atoms with E-state index in [2.05, 4.69) is 60.7 Å². The highest BCUT2D eigenvalue weighted by atomic mass is 127. The van der Waals surface area contributed by atoms with E-state index in [1.807, 2.05) is 12.1 Å². The molecular weight excluding hydrogens is 331 g/mol. The summed E-state index contributed by atoms with van der Waals surface area (Å²) < 4.78 is 1.26. The van der Waals surface area contributed by atoms with Gasteiger partial charge in [-0.3, -0.25) is 0 Å². The Morgan fingerprint density at radius 2 is 1.69 bits per heavy atom. The molecule has 0 aliphatic rings. The van der Waals surface area contributed by atoms with Crippen LogP contribution in [0.1, 0.15) is 11.1 Å². The summed E-state index contributed by atoms with van der Waals surface area (Å²) in [5, 5.41) is 0.790. The molecule has 0 unspecified atom stereocenters. The van der Waals surface area contributed by atoms with Gasteiger partial charge in [-0.25, -0.2) is 0 Å². The molecule has 0 aliphatic heterocycles. The van der Waals surface area contributed by atoms with E-state index >= 15 is 0 Å². The predicted octanol–water partition coefficient (Wildman–Crippen LogP) is 5.23. The highest BCUT2D eigenvalue weighted by molar-refractivity contribution is 14.1. The molecule has 0 bridgehead atoms. The van der Waals surface area contributed by atoms with Crippen LogP contribution in [0.3, 0.4) is 0 Å². The van der Waals surface area contributed by atoms with Gasteiger partial charge in [-0.1, -0.05) is 35.4 Å². The minimum atomic E-state index is 0.790. The maximum atomic E-state index is 6.06. The van der Waals surface area contributed by atoms with E-state index in [9.17, 15) is 0 Å². The number of rotatable bonds is 1. The van der Waals surface area contributed by atoms with Gasteiger partial charge in [-0.2, -0.15) is 0 Å². The lowest BCUT2D eigenvalue weighted by Gasteiger charge is -2.10. The Balaban J connectivity index is 2.66. The Morgan fingerprint density at radius 1 is 0.938 bits per heavy atom. The highest BCUT2D eigenvalue weighted by Gasteiger charge is 2.06. The van der Waals surface area contributed by atoms with Gasteiger partial charge in [-0.05, 0) is 71.3 Å². The minimum Gasteiger partial charge on any atom is -0.0843 e. The zero-order valence-corrected chi connectivity index (χ0v) is 12.1. The van der Waals surface area contributed by atoms with E-state index in [0.717, 1.165) is 5.02 Å². The van der Waals surface area contributed by atoms with Gasteiger partial charge in [0, 0.05) is 8.59 Å². The smallest absolute Gasteiger partial charge is 0.0412 e. The van der Waals surface area contributed by atoms with Gasteiger partial charge >= 0.3 is 0 Å². The second kappa shape index (κ2) is 4.76. The summed E-state index contributed by atoms with van der Waals surface area (Å²) in [6.07, 6.45) is 0. The van der Waals surface area contributed by atoms with Crippen LogP contribution in [0.2, 0.25) is 5.02 Å². The third-order valence-electron chi connectivity index (χ3n) is 2.61. The molecule has 2 aromatic carbocycles. The van der Waals surface area contributed by atoms with Crippen LogP contribution in [0.25, 0.3) is 11.1 Å². The molecule has 0 atom stereocenters. The summed E-state index contributed by atoms with van der Waals surface area (Å²) in [5.74, 6) is 0. The van der Waals surface area contributed by atoms with Crippen LogP contribution in [0.5, 0.6) is 0 Å². The molecule has 16 heavy (non-hydrogen) atoms. The highest BCUT2D eigenvalue weighted by Crippen LogP contribution is 2.30. The molecule has 82 valence electrons. The lowest BCUT2D eigenvalue weighted by Crippen LogP contribution is -1.88. The van der Waals surface area contributed by atoms with Gasteiger partial charge in [0.1, 0.15) is 0 Å². The topological polar surface area (TPSA) is 0 Å². The van der Waals surface area contributed by atoms with Crippen LogP contribution in [0, 0.1) is 17.4 Å². The standard InChI is InChI=1S/C14H12ClI/c1-9-3-6-14(16)13(7-9)12-8-11(15)5-4-10(12)2/h3-8H,1-2H3. The first kappa shape index (κ1) is 11.9. The molecule has 0 heterocycles. The largest absolute Gasteiger partial charge is 0.0843 e. The van der Waals surface area contributed by atoms with Crippen LogP contribution in [-0.2, 0) is 0 Å². The van der Waals surface area contributed by atoms with Gasteiger partial charge in [0.05, 0.1) is 0 Å². The molecule has 2 aromatic rings. The first-order valence-corrected chi connectivity index (χ1v) is 6.56. The molecular formula is C14H12ClI. The lowest BCUT2D eigenvalue weighted by molar-refractivity contribution is 1.41. The number of benzene rings is 2. The fourth-order valence-electron chi connectivity index (χ4n) is 1.73. The summed E-state index contributed by atoms with van der Waals surface area (Å²) in [5.41, 5.74) is 5.02. The van der Waals surface area contributed by atoms with Crippen molar-refractivity contribution < 1.29 is 0 Å². The molecule has 0 saturated heterocycles. The van der Waals surface area contributed by atoms with Gasteiger partial charge in [0.15, 0.2) is 0 Å². The van der Waals surface area contributed by atoms with E-state index in [1.165, 1.54) is 25.8 Å². The van der Waals surface area contributed by atoms with Crippen molar-refractivity contribution in [1.82, 2.24) is 0 Å². The molecule has 0 amide bonds. The SMILES string of the molecule is Cc1ccc(I)c(-c2cc(Cl)ccc2C)c1. The maximum absolute atomic E-state index is 6.06. The first-order valence-electron chi connectivity index (χ1n) is 5.10. The Morgan fingerprint density at radius 3 is 2.44 bits per heavy atom. The summed E-state index contributed by atoms with van der Waals surface area (Å²) in [4.78, 5) is 0. The van der Waals surface area contributed by atoms with Gasteiger partial charge in [0.2, 0.25) is 0 Å². The monoisotopic (exact) mass is 342 g/mol. The number of hydrogen-bond acceptors (Lipinski definition) is 0. The third kappa shape index (κ3) is 2.41. The van der Waals surface area contributed by atoms with E-state index in [-0.39, 0.29) is 0 Å². The molecule has 2 heteroatoms. The van der Waals surface area contributed by atoms with Gasteiger partial charge < -0.3 is 0 Å². The molecule has 0 N–H and O–H groups in total. The van der Waals surface area contributed by atoms with Gasteiger partial charge in [0.25, 0.3) is 0 Å². The molecule has 0 nitrogen and oxygen atoms in total. The molecule has 2 rings (SSSR count). The second-order valence-corrected chi connectivity index (χ2v) is 5.54. The maximum Gasteiger partial charge on any atom is 0.0412 e. The Bertz CT molecular complexity index is 483. The number of aryl methyl sites for hydroxylation is 2. The van der Waals surface area contributed by atoms with Crippen molar-refractivity contribution in [1.29, 1.82) is 0 Å². The van der Waals surface area contributed by atoms with E-state index in [0.29, 0.717) is 0 Å². The Hall–Kier alpha value is -0.540. The second-order valence-electron chi connectivity index (χ2n) is 3.94. The fourth-order valence-corrected chi connectivity index (χ4v) is 2.53. The van der Waals surface area contributed by atoms with Crippen molar-refractivity contribution >= 4 is 34.2 Å². The van der Waals surface area contributed by atoms with Crippen molar-refractivity contribution in [3.8, 4) is 11.1 Å². The van der Waals surface area contributed by atoms with Crippen LogP contribution < -0.4 is 0 Å². The normalized spacial score (nSPS) is 10.5. The van der Waals surface area contributed by atoms with Crippen LogP contribution >= 0.6 is 34.2 Å². The van der Waals surface area contributed by atoms with Crippen LogP contribution in [0.15, 0.2) is 36.4 Å². The third-order valence-corrected chi connectivity index (χ3v) is 3.79. The fraction of sp³-hybridized carbons (Fsp3) is 0.143. The van der Waals surface area contributed by atoms with Crippen molar-refractivity contribution in [2.45, 2.75) is 13.8 Å². The zero-order chi connectivity index (χ0) is 11.7. The first-order chi connectivity index (χ1) is 7.58. The van der Waals surface area contributed by atoms with Crippen molar-refractivity contribution in [2.24, 2.45) is 0 Å². The molecule has 0 saturated carbocycles. The van der Waals surface area contributed by atoms with Crippen LogP contribution in [0.4, 0.5) is 0 Å². The van der Waals surface area contributed by atoms with Gasteiger partial charge in [-0.15, -0.1) is 0 Å². The molecule has 0 fully saturated rings. The number of halogens is 2. The Kier molecular flexibility index (Phi) is 3.55. The van der Waals surface area contributed by atoms with E-state index in [1.54, 1.807) is 0 Å². The van der Waals surface area contributed by atoms with Crippen LogP contribution in [-0.4, -0.2) is 0 Å². The van der Waals surface area contributed by atoms with E-state index in [4.69, 9.17) is 11.6 Å². The average Bonchev–Trinajstić information content (AvgIpc) is 2.25. The quantitative estimate of drug-likeness (QED) is 0.623. The summed E-state index contributed by atoms with van der Waals surface area (Å²) in [7, 11) is 0. The van der Waals surface area contributed by atoms with Crippen molar-refractivity contribution in [3.63, 3.8) is 0 Å². The molecule has 0 radical (unpaired) electrons. The Labute approximate surface area is 115 Å². The molecule has 0 aromatic heterocycles. The minimum absolute atomic E-state index is 0.790. The predicted molar refractivity (Wildman–Crippen MR) is 79.1 cm³/mol. The molecule has 0 spiro atoms. The summed E-state index contributed by atoms with van der Waals surface area (Å²) in [6.45, 7) is 4.23. The zero-order valence-electron chi connectivity index (χ0n) is 9.22. The van der Waals surface area contributed by atoms with E-state index < -0.39 is 0 Å². The number of hydrogen-bond donors (Lipinski definition) is 0. The average molecular weight is 343 g/mol. The van der Waals surface area contributed by atoms with Crippen molar-refractivity contribution in [2.75, 3.05) is 0 Å². The lowest BCUT2D eigenvalue weighted by atomic mass is 9.99. The summed E-state index contributed by atoms with van der Waals surface area (Å²) >= 11 is 8.42.